The van der Waals surface area contributed by atoms with Crippen molar-refractivity contribution in [3.8, 4) is 0 Å². The molecule has 1 rings (SSSR count). The van der Waals surface area contributed by atoms with E-state index in [0.717, 1.165) is 25.3 Å². The summed E-state index contributed by atoms with van der Waals surface area (Å²) in [6, 6.07) is 0.406. The SMILES string of the molecule is CCCCC(CC)CNC(=NC)NCCC(=O)NC1CCCC1.I. The van der Waals surface area contributed by atoms with E-state index in [2.05, 4.69) is 34.8 Å². The maximum Gasteiger partial charge on any atom is 0.221 e. The van der Waals surface area contributed by atoms with Crippen molar-refractivity contribution < 1.29 is 4.79 Å². The van der Waals surface area contributed by atoms with Crippen LogP contribution in [0.5, 0.6) is 0 Å². The Bertz CT molecular complexity index is 357. The van der Waals surface area contributed by atoms with E-state index in [9.17, 15) is 4.79 Å². The minimum Gasteiger partial charge on any atom is -0.356 e. The van der Waals surface area contributed by atoms with Crippen LogP contribution in [-0.4, -0.2) is 38.0 Å². The Labute approximate surface area is 165 Å². The van der Waals surface area contributed by atoms with Gasteiger partial charge in [-0.1, -0.05) is 46.0 Å². The standard InChI is InChI=1S/C18H36N4O.HI/c1-4-6-9-15(5-2)14-21-18(19-3)20-13-12-17(23)22-16-10-7-8-11-16;/h15-16H,4-14H2,1-3H3,(H,22,23)(H2,19,20,21);1H. The Hall–Kier alpha value is -0.530. The van der Waals surface area contributed by atoms with Crippen molar-refractivity contribution in [3.63, 3.8) is 0 Å². The van der Waals surface area contributed by atoms with Crippen LogP contribution in [0.4, 0.5) is 0 Å². The van der Waals surface area contributed by atoms with Gasteiger partial charge in [0.05, 0.1) is 0 Å². The van der Waals surface area contributed by atoms with E-state index in [1.54, 1.807) is 7.05 Å². The molecule has 1 unspecified atom stereocenters. The third kappa shape index (κ3) is 10.4. The molecule has 1 aliphatic rings. The van der Waals surface area contributed by atoms with Crippen LogP contribution in [0, 0.1) is 5.92 Å². The number of rotatable bonds is 10. The molecule has 0 aromatic carbocycles. The van der Waals surface area contributed by atoms with Gasteiger partial charge in [0.1, 0.15) is 0 Å². The zero-order chi connectivity index (χ0) is 16.9. The summed E-state index contributed by atoms with van der Waals surface area (Å²) in [5, 5.41) is 9.74. The molecule has 3 N–H and O–H groups in total. The molecule has 0 aromatic heterocycles. The molecule has 1 amide bonds. The largest absolute Gasteiger partial charge is 0.356 e. The highest BCUT2D eigenvalue weighted by Gasteiger charge is 2.16. The van der Waals surface area contributed by atoms with Gasteiger partial charge in [0, 0.05) is 32.6 Å². The third-order valence-electron chi connectivity index (χ3n) is 4.69. The number of halogens is 1. The highest BCUT2D eigenvalue weighted by Crippen LogP contribution is 2.17. The molecule has 1 saturated carbocycles. The number of aliphatic imine (C=N–C) groups is 1. The van der Waals surface area contributed by atoms with Gasteiger partial charge in [-0.15, -0.1) is 24.0 Å². The topological polar surface area (TPSA) is 65.5 Å². The first-order chi connectivity index (χ1) is 11.2. The number of nitrogens with zero attached hydrogens (tertiary/aromatic N) is 1. The predicted octanol–water partition coefficient (Wildman–Crippen LogP) is 3.43. The van der Waals surface area contributed by atoms with Crippen LogP contribution in [0.15, 0.2) is 4.99 Å². The number of carbonyl (C=O) groups excluding carboxylic acids is 1. The number of unbranched alkanes of at least 4 members (excludes halogenated alkanes) is 1. The predicted molar refractivity (Wildman–Crippen MR) is 113 cm³/mol. The fourth-order valence-electron chi connectivity index (χ4n) is 3.07. The minimum atomic E-state index is 0. The van der Waals surface area contributed by atoms with Gasteiger partial charge in [0.15, 0.2) is 5.96 Å². The van der Waals surface area contributed by atoms with Crippen LogP contribution in [-0.2, 0) is 4.79 Å². The average molecular weight is 452 g/mol. The van der Waals surface area contributed by atoms with Crippen LogP contribution < -0.4 is 16.0 Å². The average Bonchev–Trinajstić information content (AvgIpc) is 3.06. The van der Waals surface area contributed by atoms with Gasteiger partial charge in [-0.25, -0.2) is 0 Å². The molecule has 0 aromatic rings. The van der Waals surface area contributed by atoms with Gasteiger partial charge in [-0.05, 0) is 25.2 Å². The lowest BCUT2D eigenvalue weighted by Crippen LogP contribution is -2.42. The van der Waals surface area contributed by atoms with Crippen LogP contribution in [0.3, 0.4) is 0 Å². The summed E-state index contributed by atoms with van der Waals surface area (Å²) in [5.74, 6) is 1.64. The summed E-state index contributed by atoms with van der Waals surface area (Å²) >= 11 is 0. The molecule has 6 heteroatoms. The number of guanidine groups is 1. The molecular weight excluding hydrogens is 415 g/mol. The summed E-state index contributed by atoms with van der Waals surface area (Å²) in [6.45, 7) is 6.05. The van der Waals surface area contributed by atoms with E-state index in [1.807, 2.05) is 0 Å². The summed E-state index contributed by atoms with van der Waals surface area (Å²) in [7, 11) is 1.78. The Morgan fingerprint density at radius 2 is 1.92 bits per heavy atom. The highest BCUT2D eigenvalue weighted by molar-refractivity contribution is 14.0. The maximum absolute atomic E-state index is 11.9. The lowest BCUT2D eigenvalue weighted by molar-refractivity contribution is -0.121. The summed E-state index contributed by atoms with van der Waals surface area (Å²) in [6.07, 6.45) is 10.3. The number of hydrogen-bond acceptors (Lipinski definition) is 2. The van der Waals surface area contributed by atoms with Crippen molar-refractivity contribution in [3.05, 3.63) is 0 Å². The molecule has 0 saturated heterocycles. The molecule has 24 heavy (non-hydrogen) atoms. The van der Waals surface area contributed by atoms with Crippen LogP contribution in [0.1, 0.15) is 71.6 Å². The Morgan fingerprint density at radius 1 is 1.21 bits per heavy atom. The molecule has 5 nitrogen and oxygen atoms in total. The van der Waals surface area contributed by atoms with E-state index in [1.165, 1.54) is 38.5 Å². The molecule has 0 radical (unpaired) electrons. The van der Waals surface area contributed by atoms with Gasteiger partial charge in [0.2, 0.25) is 5.91 Å². The van der Waals surface area contributed by atoms with Crippen molar-refractivity contribution >= 4 is 35.8 Å². The van der Waals surface area contributed by atoms with Crippen LogP contribution >= 0.6 is 24.0 Å². The smallest absolute Gasteiger partial charge is 0.221 e. The van der Waals surface area contributed by atoms with Crippen molar-refractivity contribution in [1.29, 1.82) is 0 Å². The number of nitrogens with one attached hydrogen (secondary N) is 3. The molecule has 1 fully saturated rings. The fraction of sp³-hybridized carbons (Fsp3) is 0.889. The highest BCUT2D eigenvalue weighted by atomic mass is 127. The van der Waals surface area contributed by atoms with Crippen molar-refractivity contribution in [2.75, 3.05) is 20.1 Å². The van der Waals surface area contributed by atoms with Crippen molar-refractivity contribution in [1.82, 2.24) is 16.0 Å². The lowest BCUT2D eigenvalue weighted by atomic mass is 9.99. The first-order valence-corrected chi connectivity index (χ1v) is 9.43. The van der Waals surface area contributed by atoms with Crippen molar-refractivity contribution in [2.24, 2.45) is 10.9 Å². The Morgan fingerprint density at radius 3 is 2.50 bits per heavy atom. The van der Waals surface area contributed by atoms with E-state index < -0.39 is 0 Å². The molecule has 0 spiro atoms. The second kappa shape index (κ2) is 14.8. The van der Waals surface area contributed by atoms with E-state index in [4.69, 9.17) is 0 Å². The third-order valence-corrected chi connectivity index (χ3v) is 4.69. The summed E-state index contributed by atoms with van der Waals surface area (Å²) in [5.41, 5.74) is 0. The molecule has 1 atom stereocenters. The number of carbonyl (C=O) groups is 1. The molecular formula is C18H37IN4O. The first-order valence-electron chi connectivity index (χ1n) is 9.43. The molecule has 0 bridgehead atoms. The van der Waals surface area contributed by atoms with Gasteiger partial charge in [-0.2, -0.15) is 0 Å². The molecule has 142 valence electrons. The number of hydrogen-bond donors (Lipinski definition) is 3. The minimum absolute atomic E-state index is 0. The van der Waals surface area contributed by atoms with Gasteiger partial charge >= 0.3 is 0 Å². The van der Waals surface area contributed by atoms with E-state index >= 15 is 0 Å². The zero-order valence-corrected chi connectivity index (χ0v) is 18.0. The quantitative estimate of drug-likeness (QED) is 0.270. The zero-order valence-electron chi connectivity index (χ0n) is 15.7. The first kappa shape index (κ1) is 23.5. The second-order valence-electron chi connectivity index (χ2n) is 6.60. The fourth-order valence-corrected chi connectivity index (χ4v) is 3.07. The van der Waals surface area contributed by atoms with E-state index in [-0.39, 0.29) is 29.9 Å². The molecule has 0 aliphatic heterocycles. The molecule has 1 aliphatic carbocycles. The van der Waals surface area contributed by atoms with Gasteiger partial charge in [0.25, 0.3) is 0 Å². The molecule has 0 heterocycles. The normalized spacial score (nSPS) is 16.4. The lowest BCUT2D eigenvalue weighted by Gasteiger charge is -2.18. The maximum atomic E-state index is 11.9. The van der Waals surface area contributed by atoms with Gasteiger partial charge < -0.3 is 16.0 Å². The Kier molecular flexibility index (Phi) is 14.5. The Balaban J connectivity index is 0.00000529. The second-order valence-corrected chi connectivity index (χ2v) is 6.60. The van der Waals surface area contributed by atoms with Crippen molar-refractivity contribution in [2.45, 2.75) is 77.7 Å². The van der Waals surface area contributed by atoms with Crippen LogP contribution in [0.25, 0.3) is 0 Å². The monoisotopic (exact) mass is 452 g/mol. The summed E-state index contributed by atoms with van der Waals surface area (Å²) in [4.78, 5) is 16.1. The van der Waals surface area contributed by atoms with E-state index in [0.29, 0.717) is 24.9 Å². The number of amides is 1. The van der Waals surface area contributed by atoms with Gasteiger partial charge in [-0.3, -0.25) is 9.79 Å². The summed E-state index contributed by atoms with van der Waals surface area (Å²) < 4.78 is 0. The van der Waals surface area contributed by atoms with Crippen LogP contribution in [0.2, 0.25) is 0 Å².